The highest BCUT2D eigenvalue weighted by molar-refractivity contribution is 5.88. The van der Waals surface area contributed by atoms with Gasteiger partial charge in [0.05, 0.1) is 6.04 Å². The van der Waals surface area contributed by atoms with Gasteiger partial charge in [-0.1, -0.05) is 20.8 Å². The first kappa shape index (κ1) is 12.1. The van der Waals surface area contributed by atoms with Crippen LogP contribution in [0.3, 0.4) is 0 Å². The van der Waals surface area contributed by atoms with E-state index in [0.29, 0.717) is 23.7 Å². The van der Waals surface area contributed by atoms with Crippen LogP contribution in [-0.4, -0.2) is 29.3 Å². The Bertz CT molecular complexity index is 290. The summed E-state index contributed by atoms with van der Waals surface area (Å²) in [5, 5.41) is 0. The molecule has 2 saturated heterocycles. The zero-order valence-corrected chi connectivity index (χ0v) is 11.3. The number of hydrogen-bond donors (Lipinski definition) is 0. The Balaban J connectivity index is 2.24. The number of hydrogen-bond acceptors (Lipinski definition) is 2. The maximum Gasteiger partial charge on any atom is 0.153 e. The van der Waals surface area contributed by atoms with E-state index in [4.69, 9.17) is 0 Å². The average molecular weight is 223 g/mol. The van der Waals surface area contributed by atoms with Crippen LogP contribution < -0.4 is 0 Å². The van der Waals surface area contributed by atoms with Crippen molar-refractivity contribution >= 4 is 5.78 Å². The van der Waals surface area contributed by atoms with Crippen molar-refractivity contribution < 1.29 is 4.79 Å². The first-order chi connectivity index (χ1) is 7.32. The molecule has 2 aliphatic heterocycles. The first-order valence-corrected chi connectivity index (χ1v) is 6.62. The predicted octanol–water partition coefficient (Wildman–Crippen LogP) is 2.72. The van der Waals surface area contributed by atoms with Crippen molar-refractivity contribution in [2.24, 2.45) is 17.3 Å². The van der Waals surface area contributed by atoms with Gasteiger partial charge in [0.1, 0.15) is 0 Å². The van der Waals surface area contributed by atoms with E-state index in [1.807, 2.05) is 0 Å². The molecule has 16 heavy (non-hydrogen) atoms. The Morgan fingerprint density at radius 1 is 1.25 bits per heavy atom. The number of carbonyl (C=O) groups is 1. The topological polar surface area (TPSA) is 20.3 Å². The summed E-state index contributed by atoms with van der Waals surface area (Å²) in [5.41, 5.74) is 0.142. The molecule has 0 N–H and O–H groups in total. The lowest BCUT2D eigenvalue weighted by Gasteiger charge is -2.53. The van der Waals surface area contributed by atoms with Crippen LogP contribution in [0.1, 0.15) is 47.5 Å². The van der Waals surface area contributed by atoms with E-state index in [-0.39, 0.29) is 11.5 Å². The second kappa shape index (κ2) is 3.83. The van der Waals surface area contributed by atoms with Crippen molar-refractivity contribution in [3.05, 3.63) is 0 Å². The van der Waals surface area contributed by atoms with Crippen LogP contribution >= 0.6 is 0 Å². The molecule has 3 rings (SSSR count). The number of rotatable bonds is 1. The van der Waals surface area contributed by atoms with Crippen LogP contribution in [-0.2, 0) is 4.79 Å². The first-order valence-electron chi connectivity index (χ1n) is 6.62. The molecule has 0 aromatic carbocycles. The van der Waals surface area contributed by atoms with Gasteiger partial charge in [0.15, 0.2) is 5.78 Å². The molecule has 3 aliphatic rings. The standard InChI is InChI=1S/C14H25NO/c1-9(2)15-8-10-6-7-11(15)13(16)12(10)14(3,4)5/h9-12H,6-8H2,1-5H3. The number of nitrogens with zero attached hydrogens (tertiary/aromatic N) is 1. The molecule has 2 heteroatoms. The summed E-state index contributed by atoms with van der Waals surface area (Å²) in [5.74, 6) is 1.41. The van der Waals surface area contributed by atoms with E-state index in [1.54, 1.807) is 0 Å². The minimum absolute atomic E-state index is 0.142. The smallest absolute Gasteiger partial charge is 0.153 e. The van der Waals surface area contributed by atoms with Gasteiger partial charge in [0, 0.05) is 18.5 Å². The van der Waals surface area contributed by atoms with E-state index in [1.165, 1.54) is 6.42 Å². The molecule has 3 unspecified atom stereocenters. The molecule has 92 valence electrons. The highest BCUT2D eigenvalue weighted by atomic mass is 16.1. The van der Waals surface area contributed by atoms with Crippen LogP contribution in [0, 0.1) is 17.3 Å². The van der Waals surface area contributed by atoms with Gasteiger partial charge in [-0.3, -0.25) is 9.69 Å². The minimum atomic E-state index is 0.142. The molecule has 0 aromatic rings. The molecule has 3 atom stereocenters. The van der Waals surface area contributed by atoms with Crippen LogP contribution in [0.4, 0.5) is 0 Å². The molecular formula is C14H25NO. The highest BCUT2D eigenvalue weighted by Gasteiger charge is 2.51. The van der Waals surface area contributed by atoms with E-state index in [0.717, 1.165) is 13.0 Å². The van der Waals surface area contributed by atoms with E-state index in [2.05, 4.69) is 39.5 Å². The fourth-order valence-corrected chi connectivity index (χ4v) is 3.75. The zero-order valence-electron chi connectivity index (χ0n) is 11.3. The van der Waals surface area contributed by atoms with Gasteiger partial charge in [-0.15, -0.1) is 0 Å². The lowest BCUT2D eigenvalue weighted by atomic mass is 9.61. The summed E-state index contributed by atoms with van der Waals surface area (Å²) < 4.78 is 0. The maximum atomic E-state index is 12.5. The molecule has 3 fully saturated rings. The molecule has 2 heterocycles. The molecule has 2 bridgehead atoms. The van der Waals surface area contributed by atoms with E-state index in [9.17, 15) is 4.79 Å². The summed E-state index contributed by atoms with van der Waals surface area (Å²) >= 11 is 0. The van der Waals surface area contributed by atoms with E-state index < -0.39 is 0 Å². The third-order valence-corrected chi connectivity index (χ3v) is 4.36. The van der Waals surface area contributed by atoms with Crippen molar-refractivity contribution in [2.75, 3.05) is 6.54 Å². The normalized spacial score (nSPS) is 36.1. The monoisotopic (exact) mass is 223 g/mol. The predicted molar refractivity (Wildman–Crippen MR) is 66.3 cm³/mol. The Kier molecular flexibility index (Phi) is 2.90. The Morgan fingerprint density at radius 3 is 2.31 bits per heavy atom. The van der Waals surface area contributed by atoms with Gasteiger partial charge in [-0.2, -0.15) is 0 Å². The lowest BCUT2D eigenvalue weighted by Crippen LogP contribution is -2.62. The van der Waals surface area contributed by atoms with Crippen molar-refractivity contribution in [3.63, 3.8) is 0 Å². The zero-order chi connectivity index (χ0) is 12.1. The lowest BCUT2D eigenvalue weighted by molar-refractivity contribution is -0.149. The van der Waals surface area contributed by atoms with Crippen LogP contribution in [0.2, 0.25) is 0 Å². The molecule has 0 radical (unpaired) electrons. The molecule has 1 saturated carbocycles. The maximum absolute atomic E-state index is 12.5. The summed E-state index contributed by atoms with van der Waals surface area (Å²) in [4.78, 5) is 14.9. The molecule has 1 aliphatic carbocycles. The molecular weight excluding hydrogens is 198 g/mol. The second-order valence-electron chi connectivity index (χ2n) is 6.89. The molecule has 0 amide bonds. The number of fused-ring (bicyclic) bond motifs is 3. The number of piperidine rings is 2. The Morgan fingerprint density at radius 2 is 1.88 bits per heavy atom. The Labute approximate surface area is 99.4 Å². The number of ketones is 1. The summed E-state index contributed by atoms with van der Waals surface area (Å²) in [7, 11) is 0. The summed E-state index contributed by atoms with van der Waals surface area (Å²) in [6, 6.07) is 0.729. The third-order valence-electron chi connectivity index (χ3n) is 4.36. The third kappa shape index (κ3) is 1.81. The number of carbonyl (C=O) groups excluding carboxylic acids is 1. The number of Topliss-reactive ketones (excluding diaryl/α,β-unsaturated/α-hetero) is 1. The summed E-state index contributed by atoms with van der Waals surface area (Å²) in [6.45, 7) is 12.2. The van der Waals surface area contributed by atoms with Gasteiger partial charge in [-0.25, -0.2) is 0 Å². The Hall–Kier alpha value is -0.370. The van der Waals surface area contributed by atoms with E-state index >= 15 is 0 Å². The second-order valence-corrected chi connectivity index (χ2v) is 6.89. The van der Waals surface area contributed by atoms with Crippen LogP contribution in [0.5, 0.6) is 0 Å². The minimum Gasteiger partial charge on any atom is -0.298 e. The van der Waals surface area contributed by atoms with Crippen molar-refractivity contribution in [2.45, 2.75) is 59.5 Å². The largest absolute Gasteiger partial charge is 0.298 e. The highest BCUT2D eigenvalue weighted by Crippen LogP contribution is 2.45. The van der Waals surface area contributed by atoms with Gasteiger partial charge in [-0.05, 0) is 38.0 Å². The average Bonchev–Trinajstić information content (AvgIpc) is 2.15. The van der Waals surface area contributed by atoms with Gasteiger partial charge >= 0.3 is 0 Å². The van der Waals surface area contributed by atoms with Gasteiger partial charge < -0.3 is 0 Å². The summed E-state index contributed by atoms with van der Waals surface area (Å²) in [6.07, 6.45) is 2.34. The van der Waals surface area contributed by atoms with Crippen LogP contribution in [0.15, 0.2) is 0 Å². The van der Waals surface area contributed by atoms with Crippen LogP contribution in [0.25, 0.3) is 0 Å². The quantitative estimate of drug-likeness (QED) is 0.681. The fraction of sp³-hybridized carbons (Fsp3) is 0.929. The van der Waals surface area contributed by atoms with Crippen molar-refractivity contribution in [3.8, 4) is 0 Å². The van der Waals surface area contributed by atoms with Crippen molar-refractivity contribution in [1.82, 2.24) is 4.90 Å². The van der Waals surface area contributed by atoms with Crippen molar-refractivity contribution in [1.29, 1.82) is 0 Å². The molecule has 2 nitrogen and oxygen atoms in total. The SMILES string of the molecule is CC(C)N1CC2CCC1C(=O)C2C(C)(C)C. The molecule has 0 aromatic heterocycles. The fourth-order valence-electron chi connectivity index (χ4n) is 3.75. The van der Waals surface area contributed by atoms with Gasteiger partial charge in [0.25, 0.3) is 0 Å². The molecule has 0 spiro atoms. The van der Waals surface area contributed by atoms with Gasteiger partial charge in [0.2, 0.25) is 0 Å².